The highest BCUT2D eigenvalue weighted by atomic mass is 35.5. The fraction of sp³-hybridized carbons (Fsp3) is 0.615. The first-order valence-corrected chi connectivity index (χ1v) is 7.09. The molecule has 0 bridgehead atoms. The Morgan fingerprint density at radius 2 is 2.11 bits per heavy atom. The summed E-state index contributed by atoms with van der Waals surface area (Å²) >= 11 is 12.1. The molecule has 1 unspecified atom stereocenters. The second kappa shape index (κ2) is 6.20. The summed E-state index contributed by atoms with van der Waals surface area (Å²) in [5, 5.41) is 1.21. The molecule has 1 saturated heterocycles. The average molecular weight is 288 g/mol. The minimum atomic E-state index is 0.510. The number of likely N-dealkylation sites (N-methyl/N-ethyl adjacent to an activating group) is 1. The third-order valence-electron chi connectivity index (χ3n) is 3.59. The highest BCUT2D eigenvalue weighted by Gasteiger charge is 2.23. The van der Waals surface area contributed by atoms with Crippen LogP contribution in [0.4, 0.5) is 0 Å². The van der Waals surface area contributed by atoms with Crippen molar-refractivity contribution < 1.29 is 0 Å². The number of nitrogens with zero attached hydrogens (tertiary/aromatic N) is 3. The van der Waals surface area contributed by atoms with Crippen LogP contribution in [0.15, 0.2) is 12.1 Å². The van der Waals surface area contributed by atoms with Crippen LogP contribution < -0.4 is 0 Å². The molecule has 0 N–H and O–H groups in total. The second-order valence-corrected chi connectivity index (χ2v) is 5.63. The summed E-state index contributed by atoms with van der Waals surface area (Å²) in [5.41, 5.74) is 0.878. The van der Waals surface area contributed by atoms with Gasteiger partial charge in [0.05, 0.1) is 10.7 Å². The first-order chi connectivity index (χ1) is 8.60. The molecule has 1 atom stereocenters. The second-order valence-electron chi connectivity index (χ2n) is 4.84. The molecule has 1 aromatic rings. The number of hydrogen-bond donors (Lipinski definition) is 0. The highest BCUT2D eigenvalue weighted by molar-refractivity contribution is 6.32. The monoisotopic (exact) mass is 287 g/mol. The van der Waals surface area contributed by atoms with Crippen LogP contribution in [0.3, 0.4) is 0 Å². The van der Waals surface area contributed by atoms with E-state index in [-0.39, 0.29) is 0 Å². The van der Waals surface area contributed by atoms with Gasteiger partial charge >= 0.3 is 0 Å². The molecule has 5 heteroatoms. The summed E-state index contributed by atoms with van der Waals surface area (Å²) in [6.45, 7) is 6.23. The summed E-state index contributed by atoms with van der Waals surface area (Å²) < 4.78 is 0. The van der Waals surface area contributed by atoms with Crippen molar-refractivity contribution in [1.29, 1.82) is 0 Å². The predicted molar refractivity (Wildman–Crippen MR) is 76.2 cm³/mol. The molecule has 2 heterocycles. The van der Waals surface area contributed by atoms with Crippen molar-refractivity contribution in [1.82, 2.24) is 14.8 Å². The van der Waals surface area contributed by atoms with Gasteiger partial charge in [0.25, 0.3) is 0 Å². The summed E-state index contributed by atoms with van der Waals surface area (Å²) in [6.07, 6.45) is 1.17. The maximum atomic E-state index is 6.16. The van der Waals surface area contributed by atoms with Crippen LogP contribution in [-0.2, 0) is 6.54 Å². The van der Waals surface area contributed by atoms with Crippen LogP contribution in [-0.4, -0.2) is 47.5 Å². The molecule has 1 aliphatic heterocycles. The van der Waals surface area contributed by atoms with Gasteiger partial charge in [-0.25, -0.2) is 4.98 Å². The molecular formula is C13H19Cl2N3. The zero-order valence-corrected chi connectivity index (χ0v) is 12.4. The SMILES string of the molecule is CCC1CN(Cc2nc(Cl)ccc2Cl)CCN1C. The summed E-state index contributed by atoms with van der Waals surface area (Å²) in [4.78, 5) is 9.14. The van der Waals surface area contributed by atoms with E-state index in [1.54, 1.807) is 6.07 Å². The van der Waals surface area contributed by atoms with E-state index in [9.17, 15) is 0 Å². The summed E-state index contributed by atoms with van der Waals surface area (Å²) in [6, 6.07) is 4.17. The first-order valence-electron chi connectivity index (χ1n) is 6.33. The van der Waals surface area contributed by atoms with E-state index in [0.29, 0.717) is 16.2 Å². The fourth-order valence-corrected chi connectivity index (χ4v) is 2.71. The van der Waals surface area contributed by atoms with Gasteiger partial charge in [0, 0.05) is 32.2 Å². The Bertz CT molecular complexity index is 411. The van der Waals surface area contributed by atoms with Gasteiger partial charge in [0.1, 0.15) is 5.15 Å². The number of hydrogen-bond acceptors (Lipinski definition) is 3. The third-order valence-corrected chi connectivity index (χ3v) is 4.15. The van der Waals surface area contributed by atoms with Gasteiger partial charge in [0.2, 0.25) is 0 Å². The predicted octanol–water partition coefficient (Wildman–Crippen LogP) is 2.91. The van der Waals surface area contributed by atoms with Gasteiger partial charge in [-0.15, -0.1) is 0 Å². The number of halogens is 2. The molecule has 0 aliphatic carbocycles. The minimum Gasteiger partial charge on any atom is -0.301 e. The fourth-order valence-electron chi connectivity index (χ4n) is 2.38. The zero-order chi connectivity index (χ0) is 13.1. The molecule has 3 nitrogen and oxygen atoms in total. The quantitative estimate of drug-likeness (QED) is 0.797. The molecule has 0 aromatic carbocycles. The van der Waals surface area contributed by atoms with Gasteiger partial charge in [-0.1, -0.05) is 30.1 Å². The van der Waals surface area contributed by atoms with Crippen molar-refractivity contribution in [2.75, 3.05) is 26.7 Å². The standard InChI is InChI=1S/C13H19Cl2N3/c1-3-10-8-18(7-6-17(10)2)9-12-11(14)4-5-13(15)16-12/h4-5,10H,3,6-9H2,1-2H3. The van der Waals surface area contributed by atoms with Crippen LogP contribution in [0.2, 0.25) is 10.2 Å². The van der Waals surface area contributed by atoms with Crippen LogP contribution in [0.1, 0.15) is 19.0 Å². The molecule has 0 saturated carbocycles. The maximum absolute atomic E-state index is 6.16. The lowest BCUT2D eigenvalue weighted by Crippen LogP contribution is -2.50. The Morgan fingerprint density at radius 3 is 2.83 bits per heavy atom. The van der Waals surface area contributed by atoms with E-state index in [1.807, 2.05) is 6.07 Å². The van der Waals surface area contributed by atoms with E-state index < -0.39 is 0 Å². The number of pyridine rings is 1. The Labute approximate surface area is 119 Å². The molecule has 0 spiro atoms. The number of piperazine rings is 1. The lowest BCUT2D eigenvalue weighted by Gasteiger charge is -2.39. The van der Waals surface area contributed by atoms with Crippen molar-refractivity contribution in [3.63, 3.8) is 0 Å². The topological polar surface area (TPSA) is 19.4 Å². The molecule has 0 amide bonds. The van der Waals surface area contributed by atoms with Gasteiger partial charge in [-0.3, -0.25) is 4.90 Å². The van der Waals surface area contributed by atoms with Crippen molar-refractivity contribution >= 4 is 23.2 Å². The Morgan fingerprint density at radius 1 is 1.33 bits per heavy atom. The number of rotatable bonds is 3. The van der Waals surface area contributed by atoms with Crippen molar-refractivity contribution in [2.45, 2.75) is 25.9 Å². The summed E-state index contributed by atoms with van der Waals surface area (Å²) in [7, 11) is 2.19. The van der Waals surface area contributed by atoms with Crippen molar-refractivity contribution in [3.8, 4) is 0 Å². The largest absolute Gasteiger partial charge is 0.301 e. The maximum Gasteiger partial charge on any atom is 0.129 e. The molecule has 0 radical (unpaired) electrons. The molecule has 1 aromatic heterocycles. The zero-order valence-electron chi connectivity index (χ0n) is 10.9. The van der Waals surface area contributed by atoms with Gasteiger partial charge < -0.3 is 4.90 Å². The summed E-state index contributed by atoms with van der Waals surface area (Å²) in [5.74, 6) is 0. The normalized spacial score (nSPS) is 22.3. The van der Waals surface area contributed by atoms with Crippen LogP contribution in [0, 0.1) is 0 Å². The highest BCUT2D eigenvalue weighted by Crippen LogP contribution is 2.20. The van der Waals surface area contributed by atoms with E-state index >= 15 is 0 Å². The Balaban J connectivity index is 2.03. The first kappa shape index (κ1) is 14.1. The molecular weight excluding hydrogens is 269 g/mol. The smallest absolute Gasteiger partial charge is 0.129 e. The van der Waals surface area contributed by atoms with E-state index in [0.717, 1.165) is 31.9 Å². The van der Waals surface area contributed by atoms with E-state index in [2.05, 4.69) is 28.8 Å². The molecule has 18 heavy (non-hydrogen) atoms. The lowest BCUT2D eigenvalue weighted by atomic mass is 10.1. The van der Waals surface area contributed by atoms with Gasteiger partial charge in [-0.05, 0) is 25.6 Å². The Hall–Kier alpha value is -0.350. The van der Waals surface area contributed by atoms with Crippen LogP contribution in [0.5, 0.6) is 0 Å². The van der Waals surface area contributed by atoms with E-state index in [1.165, 1.54) is 6.42 Å². The van der Waals surface area contributed by atoms with Crippen molar-refractivity contribution in [2.24, 2.45) is 0 Å². The molecule has 100 valence electrons. The lowest BCUT2D eigenvalue weighted by molar-refractivity contribution is 0.0875. The van der Waals surface area contributed by atoms with Gasteiger partial charge in [-0.2, -0.15) is 0 Å². The van der Waals surface area contributed by atoms with Crippen molar-refractivity contribution in [3.05, 3.63) is 28.0 Å². The number of aromatic nitrogens is 1. The molecule has 1 fully saturated rings. The van der Waals surface area contributed by atoms with Crippen LogP contribution >= 0.6 is 23.2 Å². The van der Waals surface area contributed by atoms with Gasteiger partial charge in [0.15, 0.2) is 0 Å². The Kier molecular flexibility index (Phi) is 4.84. The van der Waals surface area contributed by atoms with Crippen LogP contribution in [0.25, 0.3) is 0 Å². The third kappa shape index (κ3) is 3.35. The average Bonchev–Trinajstić information content (AvgIpc) is 2.36. The minimum absolute atomic E-state index is 0.510. The molecule has 1 aliphatic rings. The molecule has 2 rings (SSSR count). The van der Waals surface area contributed by atoms with E-state index in [4.69, 9.17) is 23.2 Å².